The van der Waals surface area contributed by atoms with E-state index in [4.69, 9.17) is 0 Å². The molecule has 0 radical (unpaired) electrons. The highest BCUT2D eigenvalue weighted by Crippen LogP contribution is 2.22. The van der Waals surface area contributed by atoms with Gasteiger partial charge in [0.2, 0.25) is 0 Å². The molecule has 2 rings (SSSR count). The lowest BCUT2D eigenvalue weighted by Gasteiger charge is -2.07. The van der Waals surface area contributed by atoms with Gasteiger partial charge in [0.05, 0.1) is 16.9 Å². The normalized spacial score (nSPS) is 10.9. The summed E-state index contributed by atoms with van der Waals surface area (Å²) in [4.78, 5) is 5.83. The van der Waals surface area contributed by atoms with Crippen LogP contribution in [-0.4, -0.2) is 20.0 Å². The fourth-order valence-corrected chi connectivity index (χ4v) is 1.76. The van der Waals surface area contributed by atoms with Gasteiger partial charge in [-0.2, -0.15) is 10.2 Å². The van der Waals surface area contributed by atoms with Crippen LogP contribution in [0.15, 0.2) is 29.1 Å². The summed E-state index contributed by atoms with van der Waals surface area (Å²) in [5.74, 6) is 1.18. The summed E-state index contributed by atoms with van der Waals surface area (Å²) in [6, 6.07) is 2.05. The maximum absolute atomic E-state index is 4.33. The SMILES string of the molecule is CC(C)c1cnc(-n2nccn2)c(Br)c1. The van der Waals surface area contributed by atoms with Gasteiger partial charge in [-0.15, -0.1) is 4.80 Å². The molecule has 0 atom stereocenters. The molecule has 78 valence electrons. The fraction of sp³-hybridized carbons (Fsp3) is 0.300. The lowest BCUT2D eigenvalue weighted by Crippen LogP contribution is -2.03. The Morgan fingerprint density at radius 3 is 2.47 bits per heavy atom. The molecule has 5 heteroatoms. The van der Waals surface area contributed by atoms with Crippen molar-refractivity contribution in [2.75, 3.05) is 0 Å². The first-order valence-corrected chi connectivity index (χ1v) is 5.50. The number of aromatic nitrogens is 4. The van der Waals surface area contributed by atoms with Gasteiger partial charge in [0.15, 0.2) is 5.82 Å². The Kier molecular flexibility index (Phi) is 2.81. The largest absolute Gasteiger partial charge is 0.234 e. The Labute approximate surface area is 96.5 Å². The van der Waals surface area contributed by atoms with Crippen LogP contribution in [0.5, 0.6) is 0 Å². The van der Waals surface area contributed by atoms with Gasteiger partial charge < -0.3 is 0 Å². The minimum atomic E-state index is 0.466. The number of pyridine rings is 1. The molecule has 0 unspecified atom stereocenters. The van der Waals surface area contributed by atoms with Crippen molar-refractivity contribution in [3.63, 3.8) is 0 Å². The highest BCUT2D eigenvalue weighted by atomic mass is 79.9. The van der Waals surface area contributed by atoms with Crippen LogP contribution in [-0.2, 0) is 0 Å². The van der Waals surface area contributed by atoms with Crippen LogP contribution in [0.2, 0.25) is 0 Å². The summed E-state index contributed by atoms with van der Waals surface area (Å²) in [6.07, 6.45) is 5.11. The van der Waals surface area contributed by atoms with E-state index in [0.717, 1.165) is 4.47 Å². The third kappa shape index (κ3) is 2.07. The van der Waals surface area contributed by atoms with Crippen molar-refractivity contribution in [1.29, 1.82) is 0 Å². The van der Waals surface area contributed by atoms with E-state index in [1.165, 1.54) is 10.4 Å². The van der Waals surface area contributed by atoms with E-state index in [1.54, 1.807) is 12.4 Å². The molecule has 2 aromatic rings. The first kappa shape index (κ1) is 10.3. The molecule has 0 aliphatic carbocycles. The van der Waals surface area contributed by atoms with Gasteiger partial charge in [-0.05, 0) is 33.5 Å². The zero-order valence-electron chi connectivity index (χ0n) is 8.55. The second-order valence-corrected chi connectivity index (χ2v) is 4.40. The summed E-state index contributed by atoms with van der Waals surface area (Å²) in [5, 5.41) is 8.07. The first-order chi connectivity index (χ1) is 7.18. The van der Waals surface area contributed by atoms with Crippen molar-refractivity contribution in [1.82, 2.24) is 20.0 Å². The summed E-state index contributed by atoms with van der Waals surface area (Å²) < 4.78 is 0.907. The molecule has 2 heterocycles. The standard InChI is InChI=1S/C10H11BrN4/c1-7(2)8-5-9(11)10(12-6-8)15-13-3-4-14-15/h3-7H,1-2H3. The number of halogens is 1. The number of nitrogens with zero attached hydrogens (tertiary/aromatic N) is 4. The van der Waals surface area contributed by atoms with Crippen molar-refractivity contribution in [3.05, 3.63) is 34.7 Å². The summed E-state index contributed by atoms with van der Waals surface area (Å²) in [7, 11) is 0. The molecule has 0 saturated heterocycles. The van der Waals surface area contributed by atoms with Gasteiger partial charge in [-0.1, -0.05) is 13.8 Å². The Balaban J connectivity index is 2.44. The highest BCUT2D eigenvalue weighted by Gasteiger charge is 2.08. The van der Waals surface area contributed by atoms with Crippen LogP contribution in [0, 0.1) is 0 Å². The van der Waals surface area contributed by atoms with Gasteiger partial charge in [-0.3, -0.25) is 0 Å². The minimum Gasteiger partial charge on any atom is -0.234 e. The Morgan fingerprint density at radius 1 is 1.27 bits per heavy atom. The molecule has 0 fully saturated rings. The fourth-order valence-electron chi connectivity index (χ4n) is 1.23. The molecule has 0 aliphatic rings. The van der Waals surface area contributed by atoms with Gasteiger partial charge >= 0.3 is 0 Å². The quantitative estimate of drug-likeness (QED) is 0.839. The van der Waals surface area contributed by atoms with Crippen LogP contribution >= 0.6 is 15.9 Å². The zero-order valence-corrected chi connectivity index (χ0v) is 10.1. The topological polar surface area (TPSA) is 43.6 Å². The third-order valence-corrected chi connectivity index (χ3v) is 2.70. The summed E-state index contributed by atoms with van der Waals surface area (Å²) >= 11 is 3.47. The second kappa shape index (κ2) is 4.10. The molecule has 0 aliphatic heterocycles. The number of hydrogen-bond acceptors (Lipinski definition) is 3. The molecule has 4 nitrogen and oxygen atoms in total. The molecular weight excluding hydrogens is 256 g/mol. The monoisotopic (exact) mass is 266 g/mol. The molecular formula is C10H11BrN4. The van der Waals surface area contributed by atoms with Crippen LogP contribution in [0.3, 0.4) is 0 Å². The molecule has 0 bridgehead atoms. The lowest BCUT2D eigenvalue weighted by atomic mass is 10.1. The summed E-state index contributed by atoms with van der Waals surface area (Å²) in [6.45, 7) is 4.27. The molecule has 0 N–H and O–H groups in total. The summed E-state index contributed by atoms with van der Waals surface area (Å²) in [5.41, 5.74) is 1.19. The molecule has 0 saturated carbocycles. The highest BCUT2D eigenvalue weighted by molar-refractivity contribution is 9.10. The molecule has 0 amide bonds. The van der Waals surface area contributed by atoms with E-state index in [2.05, 4.69) is 51.0 Å². The third-order valence-electron chi connectivity index (χ3n) is 2.12. The number of rotatable bonds is 2. The van der Waals surface area contributed by atoms with Gasteiger partial charge in [-0.25, -0.2) is 4.98 Å². The van der Waals surface area contributed by atoms with Gasteiger partial charge in [0.1, 0.15) is 0 Å². The van der Waals surface area contributed by atoms with Crippen LogP contribution in [0.1, 0.15) is 25.3 Å². The van der Waals surface area contributed by atoms with E-state index in [0.29, 0.717) is 11.7 Å². The predicted molar refractivity (Wildman–Crippen MR) is 60.9 cm³/mol. The predicted octanol–water partition coefficient (Wildman–Crippen LogP) is 2.55. The van der Waals surface area contributed by atoms with E-state index in [1.807, 2.05) is 6.20 Å². The zero-order chi connectivity index (χ0) is 10.8. The van der Waals surface area contributed by atoms with Crippen molar-refractivity contribution in [2.45, 2.75) is 19.8 Å². The van der Waals surface area contributed by atoms with Gasteiger partial charge in [0.25, 0.3) is 0 Å². The van der Waals surface area contributed by atoms with E-state index in [9.17, 15) is 0 Å². The maximum atomic E-state index is 4.33. The van der Waals surface area contributed by atoms with Crippen molar-refractivity contribution in [2.24, 2.45) is 0 Å². The van der Waals surface area contributed by atoms with Crippen LogP contribution in [0.4, 0.5) is 0 Å². The van der Waals surface area contributed by atoms with Crippen LogP contribution in [0.25, 0.3) is 5.82 Å². The van der Waals surface area contributed by atoms with E-state index < -0.39 is 0 Å². The molecule has 15 heavy (non-hydrogen) atoms. The van der Waals surface area contributed by atoms with Crippen LogP contribution < -0.4 is 0 Å². The van der Waals surface area contributed by atoms with E-state index >= 15 is 0 Å². The van der Waals surface area contributed by atoms with Crippen molar-refractivity contribution in [3.8, 4) is 5.82 Å². The average molecular weight is 267 g/mol. The number of hydrogen-bond donors (Lipinski definition) is 0. The lowest BCUT2D eigenvalue weighted by molar-refractivity contribution is 0.721. The van der Waals surface area contributed by atoms with Crippen molar-refractivity contribution < 1.29 is 0 Å². The maximum Gasteiger partial charge on any atom is 0.188 e. The van der Waals surface area contributed by atoms with Crippen molar-refractivity contribution >= 4 is 15.9 Å². The van der Waals surface area contributed by atoms with E-state index in [-0.39, 0.29) is 0 Å². The Hall–Kier alpha value is -1.23. The molecule has 0 aromatic carbocycles. The Bertz CT molecular complexity index is 450. The Morgan fingerprint density at radius 2 is 1.93 bits per heavy atom. The second-order valence-electron chi connectivity index (χ2n) is 3.55. The average Bonchev–Trinajstić information content (AvgIpc) is 2.70. The first-order valence-electron chi connectivity index (χ1n) is 4.70. The molecule has 2 aromatic heterocycles. The minimum absolute atomic E-state index is 0.466. The smallest absolute Gasteiger partial charge is 0.188 e. The molecule has 0 spiro atoms. The van der Waals surface area contributed by atoms with Gasteiger partial charge in [0, 0.05) is 6.20 Å².